The van der Waals surface area contributed by atoms with Gasteiger partial charge in [0.15, 0.2) is 5.70 Å². The van der Waals surface area contributed by atoms with Crippen molar-refractivity contribution in [1.82, 2.24) is 10.4 Å². The molecule has 2 rings (SSSR count). The van der Waals surface area contributed by atoms with Crippen LogP contribution >= 0.6 is 46.3 Å². The molecule has 0 bridgehead atoms. The fraction of sp³-hybridized carbons (Fsp3) is 0. The van der Waals surface area contributed by atoms with Crippen molar-refractivity contribution in [2.75, 3.05) is 0 Å². The van der Waals surface area contributed by atoms with E-state index in [1.54, 1.807) is 23.6 Å². The summed E-state index contributed by atoms with van der Waals surface area (Å²) in [7, 11) is 0. The molecule has 2 aromatic rings. The van der Waals surface area contributed by atoms with Gasteiger partial charge in [0, 0.05) is 16.0 Å². The van der Waals surface area contributed by atoms with Crippen LogP contribution in [0.15, 0.2) is 39.3 Å². The monoisotopic (exact) mass is 376 g/mol. The van der Waals surface area contributed by atoms with Crippen molar-refractivity contribution >= 4 is 52.3 Å². The molecule has 0 saturated carbocycles. The van der Waals surface area contributed by atoms with Crippen LogP contribution in [0.3, 0.4) is 0 Å². The number of halogens is 2. The van der Waals surface area contributed by atoms with Gasteiger partial charge in [0.1, 0.15) is 15.1 Å². The topological polar surface area (TPSA) is 114 Å². The fourth-order valence-corrected chi connectivity index (χ4v) is 3.77. The molecule has 1 aromatic carbocycles. The lowest BCUT2D eigenvalue weighted by Crippen LogP contribution is -2.29. The minimum absolute atomic E-state index is 0.00838. The Kier molecular flexibility index (Phi) is 5.54. The van der Waals surface area contributed by atoms with E-state index < -0.39 is 5.97 Å². The van der Waals surface area contributed by atoms with Crippen molar-refractivity contribution in [3.8, 4) is 10.6 Å². The molecule has 0 aliphatic carbocycles. The number of aliphatic carboxylic acids is 1. The van der Waals surface area contributed by atoms with Gasteiger partial charge < -0.3 is 16.3 Å². The SMILES string of the molecule is NN/C(C(=O)O)=C(\N)Sc1csc(-c2ccc(Cl)cc2Cl)n1. The minimum Gasteiger partial charge on any atom is -0.476 e. The maximum absolute atomic E-state index is 10.9. The van der Waals surface area contributed by atoms with E-state index in [-0.39, 0.29) is 10.7 Å². The number of benzene rings is 1. The van der Waals surface area contributed by atoms with Crippen molar-refractivity contribution < 1.29 is 9.90 Å². The summed E-state index contributed by atoms with van der Waals surface area (Å²) in [5.41, 5.74) is 8.20. The minimum atomic E-state index is -1.25. The number of aromatic nitrogens is 1. The second kappa shape index (κ2) is 7.21. The number of carbonyl (C=O) groups is 1. The maximum atomic E-state index is 10.9. The molecule has 0 radical (unpaired) electrons. The summed E-state index contributed by atoms with van der Waals surface area (Å²) >= 11 is 14.3. The third-order valence-electron chi connectivity index (χ3n) is 2.46. The molecule has 0 aliphatic heterocycles. The first-order valence-corrected chi connectivity index (χ1v) is 8.16. The van der Waals surface area contributed by atoms with Crippen LogP contribution in [0.2, 0.25) is 10.0 Å². The molecule has 0 fully saturated rings. The van der Waals surface area contributed by atoms with Gasteiger partial charge in [-0.1, -0.05) is 23.2 Å². The van der Waals surface area contributed by atoms with Crippen LogP contribution < -0.4 is 17.0 Å². The predicted octanol–water partition coefficient (Wildman–Crippen LogP) is 2.88. The van der Waals surface area contributed by atoms with Gasteiger partial charge in [0.2, 0.25) is 0 Å². The number of hydrogen-bond acceptors (Lipinski definition) is 7. The Balaban J connectivity index is 2.27. The number of nitrogens with zero attached hydrogens (tertiary/aromatic N) is 1. The van der Waals surface area contributed by atoms with E-state index in [9.17, 15) is 4.79 Å². The molecule has 1 aromatic heterocycles. The average molecular weight is 377 g/mol. The highest BCUT2D eigenvalue weighted by atomic mass is 35.5. The molecule has 0 spiro atoms. The second-order valence-corrected chi connectivity index (χ2v) is 6.67. The van der Waals surface area contributed by atoms with Crippen molar-refractivity contribution in [2.45, 2.75) is 5.03 Å². The van der Waals surface area contributed by atoms with Crippen LogP contribution in [0.4, 0.5) is 0 Å². The van der Waals surface area contributed by atoms with Crippen LogP contribution in [0.25, 0.3) is 10.6 Å². The zero-order chi connectivity index (χ0) is 16.3. The molecule has 0 amide bonds. The first kappa shape index (κ1) is 16.9. The zero-order valence-corrected chi connectivity index (χ0v) is 14.0. The van der Waals surface area contributed by atoms with Crippen LogP contribution in [-0.2, 0) is 4.79 Å². The Morgan fingerprint density at radius 3 is 2.73 bits per heavy atom. The van der Waals surface area contributed by atoms with Crippen molar-refractivity contribution in [1.29, 1.82) is 0 Å². The molecule has 1 heterocycles. The van der Waals surface area contributed by atoms with Gasteiger partial charge in [-0.15, -0.1) is 11.3 Å². The molecule has 6 nitrogen and oxygen atoms in total. The third kappa shape index (κ3) is 3.84. The molecule has 6 N–H and O–H groups in total. The molecular weight excluding hydrogens is 367 g/mol. The standard InChI is InChI=1S/C12H10Cl2N4O2S2/c13-5-1-2-6(7(14)3-5)11-17-8(4-21-11)22-10(15)9(18-16)12(19)20/h1-4,18H,15-16H2,(H,19,20)/b10-9+. The van der Waals surface area contributed by atoms with E-state index in [1.807, 2.05) is 5.43 Å². The van der Waals surface area contributed by atoms with Gasteiger partial charge in [-0.3, -0.25) is 5.84 Å². The first-order chi connectivity index (χ1) is 10.4. The number of thioether (sulfide) groups is 1. The number of hydrazine groups is 1. The third-order valence-corrected chi connectivity index (χ3v) is 4.88. The van der Waals surface area contributed by atoms with Gasteiger partial charge >= 0.3 is 5.97 Å². The van der Waals surface area contributed by atoms with Crippen LogP contribution in [0, 0.1) is 0 Å². The Morgan fingerprint density at radius 1 is 1.41 bits per heavy atom. The highest BCUT2D eigenvalue weighted by Crippen LogP contribution is 2.35. The van der Waals surface area contributed by atoms with Crippen LogP contribution in [-0.4, -0.2) is 16.1 Å². The van der Waals surface area contributed by atoms with Crippen LogP contribution in [0.5, 0.6) is 0 Å². The molecule has 22 heavy (non-hydrogen) atoms. The van der Waals surface area contributed by atoms with Crippen LogP contribution in [0.1, 0.15) is 0 Å². The van der Waals surface area contributed by atoms with Gasteiger partial charge in [0.05, 0.1) is 5.02 Å². The molecule has 0 atom stereocenters. The molecule has 0 saturated heterocycles. The second-order valence-electron chi connectivity index (χ2n) is 3.91. The molecule has 116 valence electrons. The van der Waals surface area contributed by atoms with E-state index >= 15 is 0 Å². The summed E-state index contributed by atoms with van der Waals surface area (Å²) < 4.78 is 0. The van der Waals surface area contributed by atoms with E-state index in [4.69, 9.17) is 39.9 Å². The summed E-state index contributed by atoms with van der Waals surface area (Å²) in [6.07, 6.45) is 0. The average Bonchev–Trinajstić information content (AvgIpc) is 2.87. The van der Waals surface area contributed by atoms with E-state index in [1.165, 1.54) is 11.3 Å². The first-order valence-electron chi connectivity index (χ1n) is 5.71. The fourth-order valence-electron chi connectivity index (χ4n) is 1.49. The lowest BCUT2D eigenvalue weighted by Gasteiger charge is -2.05. The number of thiazole rings is 1. The van der Waals surface area contributed by atoms with E-state index in [0.29, 0.717) is 20.1 Å². The van der Waals surface area contributed by atoms with Gasteiger partial charge in [0.25, 0.3) is 0 Å². The van der Waals surface area contributed by atoms with Crippen molar-refractivity contribution in [3.05, 3.63) is 44.4 Å². The number of nitrogens with two attached hydrogens (primary N) is 2. The van der Waals surface area contributed by atoms with Gasteiger partial charge in [-0.25, -0.2) is 9.78 Å². The summed E-state index contributed by atoms with van der Waals surface area (Å²) in [5.74, 6) is 3.88. The number of hydrogen-bond donors (Lipinski definition) is 4. The highest BCUT2D eigenvalue weighted by Gasteiger charge is 2.15. The smallest absolute Gasteiger partial charge is 0.356 e. The largest absolute Gasteiger partial charge is 0.476 e. The van der Waals surface area contributed by atoms with Crippen molar-refractivity contribution in [3.63, 3.8) is 0 Å². The van der Waals surface area contributed by atoms with E-state index in [0.717, 1.165) is 17.3 Å². The Hall–Kier alpha value is -1.45. The van der Waals surface area contributed by atoms with Gasteiger partial charge in [-0.2, -0.15) is 0 Å². The summed E-state index contributed by atoms with van der Waals surface area (Å²) in [6, 6.07) is 5.11. The summed E-state index contributed by atoms with van der Waals surface area (Å²) in [6.45, 7) is 0. The predicted molar refractivity (Wildman–Crippen MR) is 89.6 cm³/mol. The molecular formula is C12H10Cl2N4O2S2. The summed E-state index contributed by atoms with van der Waals surface area (Å²) in [4.78, 5) is 15.3. The zero-order valence-electron chi connectivity index (χ0n) is 10.8. The van der Waals surface area contributed by atoms with E-state index in [2.05, 4.69) is 4.98 Å². The maximum Gasteiger partial charge on any atom is 0.356 e. The normalized spacial score (nSPS) is 12.0. The Labute approximate surface area is 144 Å². The lowest BCUT2D eigenvalue weighted by atomic mass is 10.2. The Morgan fingerprint density at radius 2 is 2.14 bits per heavy atom. The molecule has 0 unspecified atom stereocenters. The molecule has 10 heteroatoms. The number of carboxylic acids is 1. The highest BCUT2D eigenvalue weighted by molar-refractivity contribution is 8.03. The molecule has 0 aliphatic rings. The number of nitrogens with one attached hydrogen (secondary N) is 1. The Bertz CT molecular complexity index is 748. The number of carboxylic acid groups (broad SMARTS) is 1. The van der Waals surface area contributed by atoms with Gasteiger partial charge in [-0.05, 0) is 30.0 Å². The quantitative estimate of drug-likeness (QED) is 0.274. The lowest BCUT2D eigenvalue weighted by molar-refractivity contribution is -0.133. The van der Waals surface area contributed by atoms with Crippen molar-refractivity contribution in [2.24, 2.45) is 11.6 Å². The summed E-state index contributed by atoms with van der Waals surface area (Å²) in [5, 5.41) is 12.9. The number of rotatable bonds is 5.